The fourth-order valence-electron chi connectivity index (χ4n) is 3.20. The molecule has 1 fully saturated rings. The van der Waals surface area contributed by atoms with E-state index < -0.39 is 0 Å². The van der Waals surface area contributed by atoms with Crippen LogP contribution in [-0.4, -0.2) is 13.1 Å². The average Bonchev–Trinajstić information content (AvgIpc) is 2.46. The number of anilines is 1. The highest BCUT2D eigenvalue weighted by Crippen LogP contribution is 2.32. The van der Waals surface area contributed by atoms with Gasteiger partial charge in [-0.3, -0.25) is 0 Å². The van der Waals surface area contributed by atoms with Gasteiger partial charge in [0.15, 0.2) is 0 Å². The second-order valence-electron chi connectivity index (χ2n) is 5.67. The minimum Gasteiger partial charge on any atom is -0.371 e. The highest BCUT2D eigenvalue weighted by molar-refractivity contribution is 5.54. The second kappa shape index (κ2) is 6.38. The molecule has 0 saturated heterocycles. The quantitative estimate of drug-likeness (QED) is 0.898. The summed E-state index contributed by atoms with van der Waals surface area (Å²) in [5.74, 6) is 0.694. The maximum Gasteiger partial charge on any atom is 0.123 e. The van der Waals surface area contributed by atoms with E-state index in [1.807, 2.05) is 6.07 Å². The van der Waals surface area contributed by atoms with Crippen molar-refractivity contribution in [1.29, 1.82) is 0 Å². The second-order valence-corrected chi connectivity index (χ2v) is 5.67. The minimum atomic E-state index is -0.202. The maximum atomic E-state index is 13.3. The zero-order valence-corrected chi connectivity index (χ0v) is 12.0. The molecule has 0 aromatic heterocycles. The Bertz CT molecular complexity index is 411. The van der Waals surface area contributed by atoms with Crippen molar-refractivity contribution in [2.24, 2.45) is 11.7 Å². The molecule has 0 amide bonds. The molecule has 0 radical (unpaired) electrons. The Labute approximate surface area is 115 Å². The van der Waals surface area contributed by atoms with Gasteiger partial charge in [-0.1, -0.05) is 13.3 Å². The molecule has 0 spiro atoms. The van der Waals surface area contributed by atoms with E-state index in [9.17, 15) is 4.39 Å². The first kappa shape index (κ1) is 14.3. The molecule has 2 rings (SSSR count). The zero-order valence-electron chi connectivity index (χ0n) is 12.0. The Kier molecular flexibility index (Phi) is 4.81. The minimum absolute atomic E-state index is 0.202. The molecule has 0 aliphatic heterocycles. The van der Waals surface area contributed by atoms with Gasteiger partial charge in [0, 0.05) is 25.3 Å². The number of benzene rings is 1. The molecule has 2 nitrogen and oxygen atoms in total. The van der Waals surface area contributed by atoms with Gasteiger partial charge in [-0.05, 0) is 55.4 Å². The number of hydrogen-bond donors (Lipinski definition) is 1. The van der Waals surface area contributed by atoms with Gasteiger partial charge in [-0.2, -0.15) is 0 Å². The summed E-state index contributed by atoms with van der Waals surface area (Å²) < 4.78 is 13.3. The lowest BCUT2D eigenvalue weighted by atomic mass is 9.84. The van der Waals surface area contributed by atoms with E-state index in [4.69, 9.17) is 5.73 Å². The van der Waals surface area contributed by atoms with Crippen LogP contribution in [0.1, 0.15) is 44.6 Å². The number of hydrogen-bond acceptors (Lipinski definition) is 2. The van der Waals surface area contributed by atoms with E-state index in [2.05, 4.69) is 18.9 Å². The van der Waals surface area contributed by atoms with Gasteiger partial charge in [0.25, 0.3) is 0 Å². The third-order valence-electron chi connectivity index (χ3n) is 4.58. The molecule has 0 heterocycles. The topological polar surface area (TPSA) is 29.3 Å². The summed E-state index contributed by atoms with van der Waals surface area (Å²) in [7, 11) is 2.11. The van der Waals surface area contributed by atoms with E-state index >= 15 is 0 Å². The Hall–Kier alpha value is -1.09. The van der Waals surface area contributed by atoms with Gasteiger partial charge in [0.05, 0.1) is 0 Å². The lowest BCUT2D eigenvalue weighted by Gasteiger charge is -2.36. The number of halogens is 1. The first-order chi connectivity index (χ1) is 9.15. The Morgan fingerprint density at radius 3 is 2.53 bits per heavy atom. The van der Waals surface area contributed by atoms with Crippen molar-refractivity contribution in [2.75, 3.05) is 11.9 Å². The van der Waals surface area contributed by atoms with E-state index in [1.165, 1.54) is 38.2 Å². The van der Waals surface area contributed by atoms with Crippen molar-refractivity contribution in [3.8, 4) is 0 Å². The van der Waals surface area contributed by atoms with Gasteiger partial charge in [-0.25, -0.2) is 4.39 Å². The Morgan fingerprint density at radius 2 is 1.95 bits per heavy atom. The number of nitrogens with zero attached hydrogens (tertiary/aromatic N) is 1. The summed E-state index contributed by atoms with van der Waals surface area (Å²) in [5.41, 5.74) is 7.73. The van der Waals surface area contributed by atoms with Gasteiger partial charge < -0.3 is 10.6 Å². The predicted molar refractivity (Wildman–Crippen MR) is 78.7 cm³/mol. The molecule has 106 valence electrons. The molecule has 0 bridgehead atoms. The van der Waals surface area contributed by atoms with Crippen molar-refractivity contribution >= 4 is 5.69 Å². The molecule has 19 heavy (non-hydrogen) atoms. The van der Waals surface area contributed by atoms with Crippen molar-refractivity contribution in [3.63, 3.8) is 0 Å². The van der Waals surface area contributed by atoms with Gasteiger partial charge in [0.1, 0.15) is 5.82 Å². The van der Waals surface area contributed by atoms with Crippen LogP contribution in [0.15, 0.2) is 18.2 Å². The van der Waals surface area contributed by atoms with Crippen molar-refractivity contribution in [1.82, 2.24) is 0 Å². The van der Waals surface area contributed by atoms with Gasteiger partial charge >= 0.3 is 0 Å². The molecule has 0 atom stereocenters. The van der Waals surface area contributed by atoms with Crippen LogP contribution in [0.2, 0.25) is 0 Å². The van der Waals surface area contributed by atoms with Crippen LogP contribution in [-0.2, 0) is 6.54 Å². The smallest absolute Gasteiger partial charge is 0.123 e. The van der Waals surface area contributed by atoms with Crippen molar-refractivity contribution < 1.29 is 4.39 Å². The third kappa shape index (κ3) is 3.27. The fourth-order valence-corrected chi connectivity index (χ4v) is 3.20. The standard InChI is InChI=1S/C16H25FN2/c1-3-12-4-7-15(8-5-12)19(2)16-9-6-14(17)10-13(16)11-18/h6,9-10,12,15H,3-5,7-8,11,18H2,1-2H3. The molecule has 3 heteroatoms. The van der Waals surface area contributed by atoms with Crippen LogP contribution in [0.4, 0.5) is 10.1 Å². The predicted octanol–water partition coefficient (Wildman–Crippen LogP) is 3.69. The largest absolute Gasteiger partial charge is 0.371 e. The first-order valence-electron chi connectivity index (χ1n) is 7.37. The molecular weight excluding hydrogens is 239 g/mol. The van der Waals surface area contributed by atoms with E-state index in [-0.39, 0.29) is 5.82 Å². The maximum absolute atomic E-state index is 13.3. The van der Waals surface area contributed by atoms with Crippen LogP contribution in [0.3, 0.4) is 0 Å². The van der Waals surface area contributed by atoms with Crippen LogP contribution in [0.5, 0.6) is 0 Å². The molecular formula is C16H25FN2. The monoisotopic (exact) mass is 264 g/mol. The van der Waals surface area contributed by atoms with Crippen LogP contribution >= 0.6 is 0 Å². The lowest BCUT2D eigenvalue weighted by Crippen LogP contribution is -2.35. The summed E-state index contributed by atoms with van der Waals surface area (Å²) in [6.07, 6.45) is 6.38. The van der Waals surface area contributed by atoms with Crippen molar-refractivity contribution in [3.05, 3.63) is 29.6 Å². The highest BCUT2D eigenvalue weighted by atomic mass is 19.1. The zero-order chi connectivity index (χ0) is 13.8. The average molecular weight is 264 g/mol. The van der Waals surface area contributed by atoms with Crippen LogP contribution in [0.25, 0.3) is 0 Å². The molecule has 2 N–H and O–H groups in total. The molecule has 1 aromatic carbocycles. The molecule has 0 unspecified atom stereocenters. The summed E-state index contributed by atoms with van der Waals surface area (Å²) in [5, 5.41) is 0. The summed E-state index contributed by atoms with van der Waals surface area (Å²) in [6, 6.07) is 5.52. The molecule has 1 aliphatic rings. The Morgan fingerprint density at radius 1 is 1.26 bits per heavy atom. The van der Waals surface area contributed by atoms with Crippen molar-refractivity contribution in [2.45, 2.75) is 51.6 Å². The molecule has 1 aromatic rings. The molecule has 1 aliphatic carbocycles. The number of nitrogens with two attached hydrogens (primary N) is 1. The Balaban J connectivity index is 2.09. The van der Waals surface area contributed by atoms with Gasteiger partial charge in [-0.15, -0.1) is 0 Å². The summed E-state index contributed by atoms with van der Waals surface area (Å²) >= 11 is 0. The third-order valence-corrected chi connectivity index (χ3v) is 4.58. The fraction of sp³-hybridized carbons (Fsp3) is 0.625. The highest BCUT2D eigenvalue weighted by Gasteiger charge is 2.24. The van der Waals surface area contributed by atoms with E-state index in [0.717, 1.165) is 17.2 Å². The van der Waals surface area contributed by atoms with E-state index in [0.29, 0.717) is 12.6 Å². The van der Waals surface area contributed by atoms with Crippen LogP contribution < -0.4 is 10.6 Å². The SMILES string of the molecule is CCC1CCC(N(C)c2ccc(F)cc2CN)CC1. The van der Waals surface area contributed by atoms with Gasteiger partial charge in [0.2, 0.25) is 0 Å². The first-order valence-corrected chi connectivity index (χ1v) is 7.37. The lowest BCUT2D eigenvalue weighted by molar-refractivity contribution is 0.313. The normalized spacial score (nSPS) is 23.4. The van der Waals surface area contributed by atoms with E-state index in [1.54, 1.807) is 6.07 Å². The number of rotatable bonds is 4. The summed E-state index contributed by atoms with van der Waals surface area (Å²) in [4.78, 5) is 2.30. The molecule has 1 saturated carbocycles. The van der Waals surface area contributed by atoms with Crippen LogP contribution in [0, 0.1) is 11.7 Å². The summed E-state index contributed by atoms with van der Waals surface area (Å²) in [6.45, 7) is 2.67.